The molecule has 0 bridgehead atoms. The number of hydrogen-bond acceptors (Lipinski definition) is 2. The summed E-state index contributed by atoms with van der Waals surface area (Å²) in [5, 5.41) is 14.6. The molecule has 1 amide bonds. The smallest absolute Gasteiger partial charge is 0.405 e. The molecule has 0 aromatic heterocycles. The van der Waals surface area contributed by atoms with E-state index in [1.807, 2.05) is 0 Å². The first kappa shape index (κ1) is 10.3. The topological polar surface area (TPSA) is 61.4 Å². The third-order valence-corrected chi connectivity index (χ3v) is 2.94. The monoisotopic (exact) mass is 186 g/mol. The van der Waals surface area contributed by atoms with Gasteiger partial charge >= 0.3 is 6.09 Å². The van der Waals surface area contributed by atoms with Crippen LogP contribution in [0.25, 0.3) is 0 Å². The highest BCUT2D eigenvalue weighted by molar-refractivity contribution is 5.66. The van der Waals surface area contributed by atoms with Crippen LogP contribution in [0.1, 0.15) is 27.2 Å². The second-order valence-corrected chi connectivity index (χ2v) is 4.69. The van der Waals surface area contributed by atoms with Crippen LogP contribution in [0.15, 0.2) is 0 Å². The van der Waals surface area contributed by atoms with Gasteiger partial charge in [0, 0.05) is 6.54 Å². The molecule has 1 aliphatic rings. The van der Waals surface area contributed by atoms with Gasteiger partial charge in [-0.25, -0.2) is 4.79 Å². The zero-order valence-corrected chi connectivity index (χ0v) is 8.48. The Hall–Kier alpha value is -0.770. The summed E-state index contributed by atoms with van der Waals surface area (Å²) < 4.78 is 0. The zero-order valence-electron chi connectivity index (χ0n) is 8.48. The summed E-state index contributed by atoms with van der Waals surface area (Å²) in [6.07, 6.45) is -0.0679. The minimum atomic E-state index is -0.932. The molecule has 0 aromatic rings. The fraction of sp³-hybridized carbons (Fsp3) is 0.889. The first-order valence-corrected chi connectivity index (χ1v) is 4.59. The molecule has 1 fully saturated rings. The van der Waals surface area contributed by atoms with Crippen LogP contribution in [0.5, 0.6) is 0 Å². The molecule has 0 radical (unpaired) electrons. The third kappa shape index (κ3) is 1.94. The van der Waals surface area contributed by atoms with Gasteiger partial charge in [0.25, 0.3) is 0 Å². The lowest BCUT2D eigenvalue weighted by Crippen LogP contribution is -2.58. The highest BCUT2D eigenvalue weighted by Crippen LogP contribution is 2.34. The molecule has 1 atom stereocenters. The minimum absolute atomic E-state index is 0.0467. The van der Waals surface area contributed by atoms with Crippen molar-refractivity contribution in [2.75, 3.05) is 13.1 Å². The molecule has 0 aliphatic carbocycles. The van der Waals surface area contributed by atoms with Crippen molar-refractivity contribution in [2.24, 2.45) is 5.41 Å². The van der Waals surface area contributed by atoms with Gasteiger partial charge in [-0.1, -0.05) is 20.8 Å². The summed E-state index contributed by atoms with van der Waals surface area (Å²) in [7, 11) is 0. The summed E-state index contributed by atoms with van der Waals surface area (Å²) in [5.41, 5.74) is -0.353. The van der Waals surface area contributed by atoms with Gasteiger partial charge in [0.1, 0.15) is 0 Å². The van der Waals surface area contributed by atoms with Crippen LogP contribution in [0, 0.1) is 5.41 Å². The van der Waals surface area contributed by atoms with E-state index in [0.29, 0.717) is 0 Å². The number of carboxylic acid groups (broad SMARTS) is 1. The van der Waals surface area contributed by atoms with E-state index in [-0.39, 0.29) is 11.0 Å². The van der Waals surface area contributed by atoms with Crippen molar-refractivity contribution >= 4 is 6.09 Å². The van der Waals surface area contributed by atoms with Crippen LogP contribution in [-0.4, -0.2) is 29.8 Å². The average Bonchev–Trinajstić information content (AvgIpc) is 2.33. The Kier molecular flexibility index (Phi) is 2.52. The fourth-order valence-corrected chi connectivity index (χ4v) is 1.83. The molecular formula is C9H18N2O2. The van der Waals surface area contributed by atoms with Crippen LogP contribution in [0.2, 0.25) is 0 Å². The predicted octanol–water partition coefficient (Wildman–Crippen LogP) is 1.03. The van der Waals surface area contributed by atoms with Crippen LogP contribution in [0.3, 0.4) is 0 Å². The van der Waals surface area contributed by atoms with Gasteiger partial charge in [0.15, 0.2) is 0 Å². The number of carbonyl (C=O) groups is 1. The summed E-state index contributed by atoms with van der Waals surface area (Å²) in [6.45, 7) is 7.81. The van der Waals surface area contributed by atoms with Gasteiger partial charge in [0.05, 0.1) is 5.54 Å². The first-order chi connectivity index (χ1) is 5.87. The van der Waals surface area contributed by atoms with Gasteiger partial charge in [-0.05, 0) is 18.4 Å². The SMILES string of the molecule is CC(C)(C)C1(NC(=O)O)CCNC1. The van der Waals surface area contributed by atoms with Crippen LogP contribution in [0.4, 0.5) is 4.79 Å². The third-order valence-electron chi connectivity index (χ3n) is 2.94. The number of amides is 1. The van der Waals surface area contributed by atoms with Crippen LogP contribution in [-0.2, 0) is 0 Å². The van der Waals surface area contributed by atoms with E-state index in [0.717, 1.165) is 19.5 Å². The Labute approximate surface area is 78.7 Å². The maximum absolute atomic E-state index is 10.7. The Bertz CT molecular complexity index is 202. The lowest BCUT2D eigenvalue weighted by Gasteiger charge is -2.41. The summed E-state index contributed by atoms with van der Waals surface area (Å²) in [4.78, 5) is 10.7. The maximum atomic E-state index is 10.7. The Balaban J connectivity index is 2.81. The molecule has 1 unspecified atom stereocenters. The van der Waals surface area contributed by atoms with E-state index in [4.69, 9.17) is 5.11 Å². The van der Waals surface area contributed by atoms with Crippen molar-refractivity contribution in [3.05, 3.63) is 0 Å². The molecular weight excluding hydrogens is 168 g/mol. The van der Waals surface area contributed by atoms with Gasteiger partial charge in [0.2, 0.25) is 0 Å². The van der Waals surface area contributed by atoms with E-state index >= 15 is 0 Å². The second-order valence-electron chi connectivity index (χ2n) is 4.69. The predicted molar refractivity (Wildman–Crippen MR) is 50.8 cm³/mol. The van der Waals surface area contributed by atoms with Crippen molar-refractivity contribution < 1.29 is 9.90 Å². The lowest BCUT2D eigenvalue weighted by atomic mass is 9.73. The number of nitrogens with one attached hydrogen (secondary N) is 2. The number of rotatable bonds is 1. The molecule has 1 rings (SSSR count). The van der Waals surface area contributed by atoms with Crippen molar-refractivity contribution in [2.45, 2.75) is 32.7 Å². The molecule has 0 saturated carbocycles. The fourth-order valence-electron chi connectivity index (χ4n) is 1.83. The van der Waals surface area contributed by atoms with E-state index in [1.165, 1.54) is 0 Å². The van der Waals surface area contributed by atoms with Gasteiger partial charge < -0.3 is 15.7 Å². The standard InChI is InChI=1S/C9H18N2O2/c1-8(2,3)9(11-7(12)13)4-5-10-6-9/h10-11H,4-6H2,1-3H3,(H,12,13). The van der Waals surface area contributed by atoms with Crippen molar-refractivity contribution in [3.63, 3.8) is 0 Å². The quantitative estimate of drug-likeness (QED) is 0.573. The highest BCUT2D eigenvalue weighted by atomic mass is 16.4. The normalized spacial score (nSPS) is 28.8. The molecule has 1 saturated heterocycles. The highest BCUT2D eigenvalue weighted by Gasteiger charge is 2.45. The van der Waals surface area contributed by atoms with Crippen LogP contribution < -0.4 is 10.6 Å². The van der Waals surface area contributed by atoms with E-state index in [2.05, 4.69) is 31.4 Å². The summed E-state index contributed by atoms with van der Waals surface area (Å²) >= 11 is 0. The Morgan fingerprint density at radius 2 is 2.15 bits per heavy atom. The molecule has 0 spiro atoms. The molecule has 1 heterocycles. The minimum Gasteiger partial charge on any atom is -0.465 e. The molecule has 76 valence electrons. The zero-order chi connectivity index (χ0) is 10.1. The van der Waals surface area contributed by atoms with Crippen LogP contribution >= 0.6 is 0 Å². The van der Waals surface area contributed by atoms with E-state index < -0.39 is 6.09 Å². The Morgan fingerprint density at radius 3 is 2.46 bits per heavy atom. The number of hydrogen-bond donors (Lipinski definition) is 3. The van der Waals surface area contributed by atoms with E-state index in [1.54, 1.807) is 0 Å². The van der Waals surface area contributed by atoms with Gasteiger partial charge in [-0.3, -0.25) is 0 Å². The second kappa shape index (κ2) is 3.18. The van der Waals surface area contributed by atoms with E-state index in [9.17, 15) is 4.79 Å². The van der Waals surface area contributed by atoms with Crippen molar-refractivity contribution in [1.82, 2.24) is 10.6 Å². The molecule has 4 nitrogen and oxygen atoms in total. The van der Waals surface area contributed by atoms with Gasteiger partial charge in [-0.2, -0.15) is 0 Å². The summed E-state index contributed by atoms with van der Waals surface area (Å²) in [6, 6.07) is 0. The largest absolute Gasteiger partial charge is 0.465 e. The van der Waals surface area contributed by atoms with Gasteiger partial charge in [-0.15, -0.1) is 0 Å². The molecule has 4 heteroatoms. The van der Waals surface area contributed by atoms with Crippen molar-refractivity contribution in [3.8, 4) is 0 Å². The maximum Gasteiger partial charge on any atom is 0.405 e. The molecule has 13 heavy (non-hydrogen) atoms. The average molecular weight is 186 g/mol. The summed E-state index contributed by atoms with van der Waals surface area (Å²) in [5.74, 6) is 0. The lowest BCUT2D eigenvalue weighted by molar-refractivity contribution is 0.131. The molecule has 0 aromatic carbocycles. The first-order valence-electron chi connectivity index (χ1n) is 4.59. The Morgan fingerprint density at radius 1 is 1.54 bits per heavy atom. The molecule has 1 aliphatic heterocycles. The molecule has 3 N–H and O–H groups in total. The van der Waals surface area contributed by atoms with Crippen molar-refractivity contribution in [1.29, 1.82) is 0 Å².